The normalized spacial score (nSPS) is 11.2. The van der Waals surface area contributed by atoms with E-state index in [-0.39, 0.29) is 5.91 Å². The van der Waals surface area contributed by atoms with Gasteiger partial charge < -0.3 is 0 Å². The lowest BCUT2D eigenvalue weighted by Gasteiger charge is -2.23. The van der Waals surface area contributed by atoms with Gasteiger partial charge in [0.05, 0.1) is 5.41 Å². The fourth-order valence-electron chi connectivity index (χ4n) is 1.47. The van der Waals surface area contributed by atoms with E-state index in [1.165, 1.54) is 11.3 Å². The van der Waals surface area contributed by atoms with E-state index in [9.17, 15) is 4.79 Å². The summed E-state index contributed by atoms with van der Waals surface area (Å²) < 4.78 is 0. The number of hydrogen-bond acceptors (Lipinski definition) is 4. The average molecular weight is 247 g/mol. The quantitative estimate of drug-likeness (QED) is 0.906. The van der Waals surface area contributed by atoms with Crippen LogP contribution in [0.3, 0.4) is 0 Å². The van der Waals surface area contributed by atoms with Crippen LogP contribution in [0, 0.1) is 0 Å². The molecule has 0 spiro atoms. The molecule has 1 N–H and O–H groups in total. The lowest BCUT2D eigenvalue weighted by atomic mass is 9.84. The summed E-state index contributed by atoms with van der Waals surface area (Å²) in [6.07, 6.45) is 0. The Morgan fingerprint density at radius 3 is 2.59 bits per heavy atom. The van der Waals surface area contributed by atoms with Gasteiger partial charge in [-0.3, -0.25) is 10.1 Å². The van der Waals surface area contributed by atoms with Gasteiger partial charge in [-0.05, 0) is 19.4 Å². The van der Waals surface area contributed by atoms with Gasteiger partial charge in [-0.25, -0.2) is 0 Å². The highest BCUT2D eigenvalue weighted by Gasteiger charge is 2.30. The smallest absolute Gasteiger partial charge is 0.236 e. The Morgan fingerprint density at radius 2 is 2.00 bits per heavy atom. The second-order valence-electron chi connectivity index (χ2n) is 4.19. The summed E-state index contributed by atoms with van der Waals surface area (Å²) in [7, 11) is 0. The van der Waals surface area contributed by atoms with E-state index in [0.717, 1.165) is 5.56 Å². The summed E-state index contributed by atoms with van der Waals surface area (Å²) in [5.74, 6) is -0.0829. The lowest BCUT2D eigenvalue weighted by Crippen LogP contribution is -2.34. The van der Waals surface area contributed by atoms with Crippen LogP contribution in [0.25, 0.3) is 0 Å². The molecule has 2 aromatic rings. The van der Waals surface area contributed by atoms with Gasteiger partial charge in [0.25, 0.3) is 0 Å². The van der Waals surface area contributed by atoms with Crippen LogP contribution in [0.15, 0.2) is 35.8 Å². The molecule has 0 saturated heterocycles. The van der Waals surface area contributed by atoms with E-state index in [4.69, 9.17) is 0 Å². The minimum absolute atomic E-state index is 0.0829. The lowest BCUT2D eigenvalue weighted by molar-refractivity contribution is -0.120. The van der Waals surface area contributed by atoms with Gasteiger partial charge in [-0.2, -0.15) is 0 Å². The van der Waals surface area contributed by atoms with Crippen LogP contribution in [0.2, 0.25) is 0 Å². The molecule has 0 bridgehead atoms. The first kappa shape index (κ1) is 11.7. The van der Waals surface area contributed by atoms with Crippen LogP contribution in [0.5, 0.6) is 0 Å². The molecule has 17 heavy (non-hydrogen) atoms. The Hall–Kier alpha value is -1.75. The number of carbonyl (C=O) groups excluding carboxylic acids is 1. The second-order valence-corrected chi connectivity index (χ2v) is 5.02. The van der Waals surface area contributed by atoms with Crippen LogP contribution in [0.1, 0.15) is 19.4 Å². The van der Waals surface area contributed by atoms with Crippen molar-refractivity contribution >= 4 is 22.4 Å². The highest BCUT2D eigenvalue weighted by atomic mass is 32.1. The molecule has 0 aliphatic carbocycles. The molecule has 2 rings (SSSR count). The average Bonchev–Trinajstić information content (AvgIpc) is 2.83. The van der Waals surface area contributed by atoms with Crippen LogP contribution in [0.4, 0.5) is 5.13 Å². The zero-order chi connectivity index (χ0) is 12.3. The summed E-state index contributed by atoms with van der Waals surface area (Å²) in [6, 6.07) is 9.67. The number of carbonyl (C=O) groups is 1. The van der Waals surface area contributed by atoms with Gasteiger partial charge in [0, 0.05) is 0 Å². The van der Waals surface area contributed by atoms with Crippen molar-refractivity contribution in [3.63, 3.8) is 0 Å². The molecule has 0 aliphatic heterocycles. The molecule has 1 amide bonds. The van der Waals surface area contributed by atoms with Crippen molar-refractivity contribution in [3.05, 3.63) is 41.4 Å². The third kappa shape index (κ3) is 2.50. The molecule has 0 radical (unpaired) electrons. The molecule has 4 nitrogen and oxygen atoms in total. The number of nitrogens with zero attached hydrogens (tertiary/aromatic N) is 2. The highest BCUT2D eigenvalue weighted by Crippen LogP contribution is 2.25. The maximum atomic E-state index is 12.2. The Balaban J connectivity index is 2.18. The number of rotatable bonds is 3. The zero-order valence-corrected chi connectivity index (χ0v) is 10.5. The summed E-state index contributed by atoms with van der Waals surface area (Å²) in [4.78, 5) is 12.2. The fraction of sp³-hybridized carbons (Fsp3) is 0.250. The SMILES string of the molecule is CC(C)(C(=O)Nc1nncs1)c1ccccc1. The van der Waals surface area contributed by atoms with Crippen molar-refractivity contribution < 1.29 is 4.79 Å². The third-order valence-electron chi connectivity index (χ3n) is 2.64. The molecule has 1 aromatic carbocycles. The molecule has 1 heterocycles. The predicted molar refractivity (Wildman–Crippen MR) is 68.0 cm³/mol. The Morgan fingerprint density at radius 1 is 1.29 bits per heavy atom. The van der Waals surface area contributed by atoms with E-state index < -0.39 is 5.41 Å². The van der Waals surface area contributed by atoms with Crippen molar-refractivity contribution in [3.8, 4) is 0 Å². The fourth-order valence-corrected chi connectivity index (χ4v) is 1.91. The first-order valence-electron chi connectivity index (χ1n) is 5.24. The minimum atomic E-state index is -0.590. The maximum absolute atomic E-state index is 12.2. The Kier molecular flexibility index (Phi) is 3.19. The number of benzene rings is 1. The number of aromatic nitrogens is 2. The van der Waals surface area contributed by atoms with Gasteiger partial charge in [-0.1, -0.05) is 41.7 Å². The zero-order valence-electron chi connectivity index (χ0n) is 9.68. The molecule has 0 aliphatic rings. The van der Waals surface area contributed by atoms with E-state index in [2.05, 4.69) is 15.5 Å². The monoisotopic (exact) mass is 247 g/mol. The Bertz CT molecular complexity index is 494. The molecule has 0 fully saturated rings. The van der Waals surface area contributed by atoms with Crippen molar-refractivity contribution in [2.45, 2.75) is 19.3 Å². The molecule has 0 atom stereocenters. The molecular formula is C12H13N3OS. The van der Waals surface area contributed by atoms with Crippen LogP contribution in [-0.2, 0) is 10.2 Å². The number of hydrogen-bond donors (Lipinski definition) is 1. The minimum Gasteiger partial charge on any atom is -0.300 e. The molecule has 0 saturated carbocycles. The number of nitrogens with one attached hydrogen (secondary N) is 1. The molecule has 0 unspecified atom stereocenters. The van der Waals surface area contributed by atoms with Gasteiger partial charge in [-0.15, -0.1) is 10.2 Å². The molecule has 1 aromatic heterocycles. The summed E-state index contributed by atoms with van der Waals surface area (Å²) in [5.41, 5.74) is 1.97. The summed E-state index contributed by atoms with van der Waals surface area (Å²) in [5, 5.41) is 10.8. The van der Waals surface area contributed by atoms with Crippen molar-refractivity contribution in [2.24, 2.45) is 0 Å². The highest BCUT2D eigenvalue weighted by molar-refractivity contribution is 7.13. The molecule has 5 heteroatoms. The van der Waals surface area contributed by atoms with Gasteiger partial charge in [0.1, 0.15) is 5.51 Å². The molecular weight excluding hydrogens is 234 g/mol. The van der Waals surface area contributed by atoms with Crippen molar-refractivity contribution in [1.29, 1.82) is 0 Å². The first-order valence-corrected chi connectivity index (χ1v) is 6.12. The standard InChI is InChI=1S/C12H13N3OS/c1-12(2,9-6-4-3-5-7-9)10(16)14-11-15-13-8-17-11/h3-8H,1-2H3,(H,14,15,16). The Labute approximate surface area is 104 Å². The third-order valence-corrected chi connectivity index (χ3v) is 3.25. The first-order chi connectivity index (χ1) is 8.10. The van der Waals surface area contributed by atoms with E-state index in [0.29, 0.717) is 5.13 Å². The van der Waals surface area contributed by atoms with Gasteiger partial charge in [0.2, 0.25) is 11.0 Å². The summed E-state index contributed by atoms with van der Waals surface area (Å²) in [6.45, 7) is 3.78. The van der Waals surface area contributed by atoms with Gasteiger partial charge >= 0.3 is 0 Å². The van der Waals surface area contributed by atoms with Crippen LogP contribution >= 0.6 is 11.3 Å². The topological polar surface area (TPSA) is 54.9 Å². The maximum Gasteiger partial charge on any atom is 0.236 e. The van der Waals surface area contributed by atoms with E-state index in [1.54, 1.807) is 5.51 Å². The number of anilines is 1. The van der Waals surface area contributed by atoms with E-state index in [1.807, 2.05) is 44.2 Å². The largest absolute Gasteiger partial charge is 0.300 e. The summed E-state index contributed by atoms with van der Waals surface area (Å²) >= 11 is 1.31. The van der Waals surface area contributed by atoms with Crippen LogP contribution < -0.4 is 5.32 Å². The molecule has 88 valence electrons. The van der Waals surface area contributed by atoms with Crippen molar-refractivity contribution in [1.82, 2.24) is 10.2 Å². The number of amides is 1. The predicted octanol–water partition coefficient (Wildman–Crippen LogP) is 2.45. The van der Waals surface area contributed by atoms with Gasteiger partial charge in [0.15, 0.2) is 0 Å². The van der Waals surface area contributed by atoms with Crippen LogP contribution in [-0.4, -0.2) is 16.1 Å². The van der Waals surface area contributed by atoms with Crippen molar-refractivity contribution in [2.75, 3.05) is 5.32 Å². The van der Waals surface area contributed by atoms with E-state index >= 15 is 0 Å². The second kappa shape index (κ2) is 4.63.